The van der Waals surface area contributed by atoms with E-state index in [1.807, 2.05) is 0 Å². The molecule has 2 amide bonds. The van der Waals surface area contributed by atoms with Crippen molar-refractivity contribution in [3.8, 4) is 17.0 Å². The van der Waals surface area contributed by atoms with Gasteiger partial charge in [-0.3, -0.25) is 14.4 Å². The Morgan fingerprint density at radius 1 is 1.17 bits per heavy atom. The number of nitrogens with two attached hydrogens (primary N) is 1. The van der Waals surface area contributed by atoms with Crippen LogP contribution < -0.4 is 15.8 Å². The van der Waals surface area contributed by atoms with Crippen LogP contribution in [0.25, 0.3) is 11.3 Å². The molecule has 1 fully saturated rings. The fourth-order valence-corrected chi connectivity index (χ4v) is 4.22. The van der Waals surface area contributed by atoms with Gasteiger partial charge in [0.05, 0.1) is 22.7 Å². The topological polar surface area (TPSA) is 132 Å². The highest BCUT2D eigenvalue weighted by atomic mass is 32.1. The third-order valence-electron chi connectivity index (χ3n) is 5.74. The predicted molar refractivity (Wildman–Crippen MR) is 128 cm³/mol. The number of Topliss-reactive ketones (excluding diaryl/α,β-unsaturated/α-hetero) is 1. The molecule has 11 heteroatoms. The van der Waals surface area contributed by atoms with E-state index in [2.05, 4.69) is 9.69 Å². The second-order valence-electron chi connectivity index (χ2n) is 8.46. The van der Waals surface area contributed by atoms with Crippen LogP contribution in [0, 0.1) is 17.6 Å². The number of hydrogen-bond donors (Lipinski definition) is 3. The maximum atomic E-state index is 14.6. The first-order valence-electron chi connectivity index (χ1n) is 11.2. The monoisotopic (exact) mass is 515 g/mol. The molecule has 1 aliphatic carbocycles. The molecular formula is C25H23F2N3O5S. The highest BCUT2D eigenvalue weighted by Crippen LogP contribution is 2.35. The Hall–Kier alpha value is -3.70. The van der Waals surface area contributed by atoms with E-state index in [0.29, 0.717) is 21.7 Å². The number of aliphatic hydroxyl groups excluding tert-OH is 1. The number of aliphatic hydroxyl groups is 1. The Kier molecular flexibility index (Phi) is 7.41. The number of ether oxygens (including phenoxy) is 1. The lowest BCUT2D eigenvalue weighted by atomic mass is 10.1. The Morgan fingerprint density at radius 2 is 1.92 bits per heavy atom. The number of benzene rings is 2. The number of nitrogens with one attached hydrogen (secondary N) is 1. The summed E-state index contributed by atoms with van der Waals surface area (Å²) in [6.07, 6.45) is 1.10. The molecule has 36 heavy (non-hydrogen) atoms. The van der Waals surface area contributed by atoms with Crippen LogP contribution in [0.4, 0.5) is 8.78 Å². The molecule has 8 nitrogen and oxygen atoms in total. The van der Waals surface area contributed by atoms with Crippen molar-refractivity contribution in [2.24, 2.45) is 11.7 Å². The Bertz CT molecular complexity index is 1320. The van der Waals surface area contributed by atoms with Gasteiger partial charge in [-0.2, -0.15) is 4.37 Å². The lowest BCUT2D eigenvalue weighted by Crippen LogP contribution is -2.47. The average Bonchev–Trinajstić information content (AvgIpc) is 3.58. The van der Waals surface area contributed by atoms with E-state index in [-0.39, 0.29) is 23.0 Å². The van der Waals surface area contributed by atoms with E-state index in [1.165, 1.54) is 24.3 Å². The second-order valence-corrected chi connectivity index (χ2v) is 9.30. The molecule has 1 heterocycles. The largest absolute Gasteiger partial charge is 0.482 e. The zero-order valence-corrected chi connectivity index (χ0v) is 20.0. The van der Waals surface area contributed by atoms with E-state index < -0.39 is 42.2 Å². The number of aromatic nitrogens is 1. The quantitative estimate of drug-likeness (QED) is 0.355. The minimum absolute atomic E-state index is 0.00310. The lowest BCUT2D eigenvalue weighted by molar-refractivity contribution is -0.120. The fraction of sp³-hybridized carbons (Fsp3) is 0.280. The molecule has 1 saturated carbocycles. The molecule has 0 bridgehead atoms. The molecule has 2 aromatic carbocycles. The molecule has 1 aliphatic rings. The van der Waals surface area contributed by atoms with Crippen molar-refractivity contribution in [2.75, 3.05) is 6.61 Å². The highest BCUT2D eigenvalue weighted by molar-refractivity contribution is 7.06. The van der Waals surface area contributed by atoms with Gasteiger partial charge in [-0.1, -0.05) is 6.07 Å². The van der Waals surface area contributed by atoms with Crippen LogP contribution in [0.1, 0.15) is 51.5 Å². The van der Waals surface area contributed by atoms with Gasteiger partial charge in [0, 0.05) is 17.0 Å². The van der Waals surface area contributed by atoms with Gasteiger partial charge in [0.15, 0.2) is 17.3 Å². The van der Waals surface area contributed by atoms with Crippen molar-refractivity contribution >= 4 is 29.1 Å². The first kappa shape index (κ1) is 25.4. The number of carbonyl (C=O) groups is 3. The van der Waals surface area contributed by atoms with Crippen LogP contribution in [0.3, 0.4) is 0 Å². The van der Waals surface area contributed by atoms with Crippen molar-refractivity contribution in [3.63, 3.8) is 0 Å². The maximum Gasteiger partial charge on any atom is 0.254 e. The van der Waals surface area contributed by atoms with Gasteiger partial charge in [-0.05, 0) is 67.7 Å². The molecule has 4 N–H and O–H groups in total. The van der Waals surface area contributed by atoms with Crippen molar-refractivity contribution < 1.29 is 33.0 Å². The Morgan fingerprint density at radius 3 is 2.53 bits per heavy atom. The summed E-state index contributed by atoms with van der Waals surface area (Å²) in [5.41, 5.74) is 5.88. The summed E-state index contributed by atoms with van der Waals surface area (Å²) in [7, 11) is 0. The zero-order valence-electron chi connectivity index (χ0n) is 19.2. The van der Waals surface area contributed by atoms with Crippen LogP contribution in [0.5, 0.6) is 5.75 Å². The summed E-state index contributed by atoms with van der Waals surface area (Å²) >= 11 is 1.10. The van der Waals surface area contributed by atoms with Gasteiger partial charge < -0.3 is 20.9 Å². The minimum Gasteiger partial charge on any atom is -0.482 e. The third-order valence-corrected chi connectivity index (χ3v) is 6.69. The zero-order chi connectivity index (χ0) is 26.0. The number of hydrogen-bond acceptors (Lipinski definition) is 7. The third kappa shape index (κ3) is 5.58. The number of primary amides is 1. The molecule has 188 valence electrons. The fourth-order valence-electron chi connectivity index (χ4n) is 3.50. The summed E-state index contributed by atoms with van der Waals surface area (Å²) in [4.78, 5) is 36.2. The highest BCUT2D eigenvalue weighted by Gasteiger charge is 2.31. The SMILES string of the molecule is CC(Oc1ccc(C(=O)C2CC2)cc1F)c1cc(-c2ccc(C(=O)N[C@@H](CO)C(N)=O)c(F)c2)ns1. The van der Waals surface area contributed by atoms with Crippen molar-refractivity contribution in [1.82, 2.24) is 9.69 Å². The summed E-state index contributed by atoms with van der Waals surface area (Å²) in [6, 6.07) is 8.34. The molecule has 1 unspecified atom stereocenters. The molecule has 3 aromatic rings. The normalized spacial score (nSPS) is 14.7. The van der Waals surface area contributed by atoms with Crippen LogP contribution in [0.2, 0.25) is 0 Å². The van der Waals surface area contributed by atoms with E-state index in [1.54, 1.807) is 19.1 Å². The van der Waals surface area contributed by atoms with Gasteiger partial charge in [0.1, 0.15) is 18.0 Å². The van der Waals surface area contributed by atoms with Crippen molar-refractivity contribution in [2.45, 2.75) is 31.9 Å². The van der Waals surface area contributed by atoms with Gasteiger partial charge >= 0.3 is 0 Å². The molecular weight excluding hydrogens is 492 g/mol. The average molecular weight is 516 g/mol. The van der Waals surface area contributed by atoms with Crippen molar-refractivity contribution in [1.29, 1.82) is 0 Å². The number of ketones is 1. The lowest BCUT2D eigenvalue weighted by Gasteiger charge is -2.14. The molecule has 0 spiro atoms. The van der Waals surface area contributed by atoms with Crippen LogP contribution in [-0.2, 0) is 4.79 Å². The van der Waals surface area contributed by atoms with E-state index in [9.17, 15) is 23.2 Å². The van der Waals surface area contributed by atoms with Gasteiger partial charge in [0.2, 0.25) is 5.91 Å². The van der Waals surface area contributed by atoms with Gasteiger partial charge in [-0.25, -0.2) is 8.78 Å². The summed E-state index contributed by atoms with van der Waals surface area (Å²) in [5.74, 6) is -3.39. The van der Waals surface area contributed by atoms with E-state index in [4.69, 9.17) is 15.6 Å². The molecule has 1 aromatic heterocycles. The second kappa shape index (κ2) is 10.5. The first-order valence-corrected chi connectivity index (χ1v) is 11.9. The van der Waals surface area contributed by atoms with Gasteiger partial charge in [0.25, 0.3) is 5.91 Å². The smallest absolute Gasteiger partial charge is 0.254 e. The number of amides is 2. The molecule has 2 atom stereocenters. The van der Waals surface area contributed by atoms with E-state index in [0.717, 1.165) is 30.4 Å². The van der Waals surface area contributed by atoms with Crippen LogP contribution in [-0.4, -0.2) is 39.7 Å². The Balaban J connectivity index is 1.44. The predicted octanol–water partition coefficient (Wildman–Crippen LogP) is 3.40. The molecule has 0 radical (unpaired) electrons. The Labute approximate surface area is 209 Å². The molecule has 0 aliphatic heterocycles. The minimum atomic E-state index is -1.33. The summed E-state index contributed by atoms with van der Waals surface area (Å²) in [5, 5.41) is 11.3. The van der Waals surface area contributed by atoms with Crippen LogP contribution in [0.15, 0.2) is 42.5 Å². The molecule has 0 saturated heterocycles. The summed E-state index contributed by atoms with van der Waals surface area (Å²) < 4.78 is 39.2. The number of carbonyl (C=O) groups excluding carboxylic acids is 3. The van der Waals surface area contributed by atoms with Crippen molar-refractivity contribution in [3.05, 3.63) is 70.1 Å². The first-order chi connectivity index (χ1) is 17.2. The standard InChI is InChI=1S/C25H23F2N3O5S/c1-12(35-21-7-5-15(9-18(21)27)23(32)13-2-3-13)22-10-19(30-36-22)14-4-6-16(17(26)8-14)25(34)29-20(11-31)24(28)33/h4-10,12-13,20,31H,2-3,11H2,1H3,(H2,28,33)(H,29,34)/t12?,20-/m0/s1. The molecule has 4 rings (SSSR count). The number of halogens is 2. The number of nitrogens with zero attached hydrogens (tertiary/aromatic N) is 1. The van der Waals surface area contributed by atoms with Gasteiger partial charge in [-0.15, -0.1) is 0 Å². The summed E-state index contributed by atoms with van der Waals surface area (Å²) in [6.45, 7) is 1.000. The maximum absolute atomic E-state index is 14.6. The van der Waals surface area contributed by atoms with E-state index >= 15 is 0 Å². The van der Waals surface area contributed by atoms with Crippen LogP contribution >= 0.6 is 11.5 Å². The number of rotatable bonds is 10.